The van der Waals surface area contributed by atoms with Crippen LogP contribution in [-0.2, 0) is 30.4 Å². The number of rotatable bonds is 9. The number of carbonyl (C=O) groups is 2. The smallest absolute Gasteiger partial charge is 0.296 e. The van der Waals surface area contributed by atoms with Crippen LogP contribution in [0, 0.1) is 0 Å². The maximum Gasteiger partial charge on any atom is 0.296 e. The molecule has 0 radical (unpaired) electrons. The van der Waals surface area contributed by atoms with Gasteiger partial charge in [-0.2, -0.15) is 30.4 Å². The van der Waals surface area contributed by atoms with Gasteiger partial charge in [-0.25, -0.2) is 0 Å². The number of hydrogen-bond donors (Lipinski definition) is 6. The topological polar surface area (TPSA) is 266 Å². The predicted molar refractivity (Wildman–Crippen MR) is 192 cm³/mol. The van der Waals surface area contributed by atoms with E-state index in [0.29, 0.717) is 16.5 Å². The highest BCUT2D eigenvalue weighted by Crippen LogP contribution is 2.45. The number of carbonyl (C=O) groups excluding carboxylic acids is 2. The van der Waals surface area contributed by atoms with Gasteiger partial charge in [-0.15, -0.1) is 5.11 Å². The lowest BCUT2D eigenvalue weighted by Gasteiger charge is -2.15. The lowest BCUT2D eigenvalue weighted by molar-refractivity contribution is 0.101. The molecule has 0 spiro atoms. The molecule has 0 saturated heterocycles. The van der Waals surface area contributed by atoms with Crippen molar-refractivity contribution in [3.05, 3.63) is 120 Å². The molecule has 0 atom stereocenters. The lowest BCUT2D eigenvalue weighted by Crippen LogP contribution is -2.13. The average molecular weight is 777 g/mol. The summed E-state index contributed by atoms with van der Waals surface area (Å²) in [7, 11) is -14.5. The van der Waals surface area contributed by atoms with Gasteiger partial charge in [0.15, 0.2) is 5.75 Å². The number of nitrogens with zero attached hydrogens (tertiary/aromatic N) is 2. The molecular formula is C34H24N4O12S3. The number of azo groups is 1. The summed E-state index contributed by atoms with van der Waals surface area (Å²) in [5, 5.41) is 24.7. The molecule has 19 heteroatoms. The Morgan fingerprint density at radius 3 is 1.77 bits per heavy atom. The number of nitrogens with one attached hydrogen (secondary N) is 2. The van der Waals surface area contributed by atoms with E-state index in [2.05, 4.69) is 20.9 Å². The Bertz CT molecular complexity index is 2850. The molecule has 0 unspecified atom stereocenters. The zero-order chi connectivity index (χ0) is 38.3. The second kappa shape index (κ2) is 13.8. The third-order valence-electron chi connectivity index (χ3n) is 7.75. The molecule has 0 aliphatic carbocycles. The Balaban J connectivity index is 1.32. The molecule has 6 aromatic carbocycles. The van der Waals surface area contributed by atoms with Gasteiger partial charge >= 0.3 is 0 Å². The van der Waals surface area contributed by atoms with Crippen LogP contribution in [0.5, 0.6) is 5.75 Å². The predicted octanol–water partition coefficient (Wildman–Crippen LogP) is 6.36. The van der Waals surface area contributed by atoms with Gasteiger partial charge < -0.3 is 15.7 Å². The summed E-state index contributed by atoms with van der Waals surface area (Å²) in [6.45, 7) is 0. The van der Waals surface area contributed by atoms with E-state index in [1.807, 2.05) is 0 Å². The van der Waals surface area contributed by atoms with E-state index in [1.165, 1.54) is 60.7 Å². The van der Waals surface area contributed by atoms with Crippen LogP contribution in [0.1, 0.15) is 20.7 Å². The van der Waals surface area contributed by atoms with Crippen molar-refractivity contribution in [1.82, 2.24) is 0 Å². The number of benzene rings is 6. The van der Waals surface area contributed by atoms with E-state index in [9.17, 15) is 53.6 Å². The highest BCUT2D eigenvalue weighted by atomic mass is 32.2. The van der Waals surface area contributed by atoms with Crippen molar-refractivity contribution in [1.29, 1.82) is 0 Å². The molecule has 6 N–H and O–H groups in total. The van der Waals surface area contributed by atoms with Crippen LogP contribution in [0.15, 0.2) is 134 Å². The van der Waals surface area contributed by atoms with Gasteiger partial charge in [-0.05, 0) is 95.0 Å². The van der Waals surface area contributed by atoms with Crippen molar-refractivity contribution in [2.24, 2.45) is 10.2 Å². The molecule has 0 aliphatic heterocycles. The average Bonchev–Trinajstić information content (AvgIpc) is 3.10. The first kappa shape index (κ1) is 36.7. The zero-order valence-corrected chi connectivity index (χ0v) is 29.0. The molecular weight excluding hydrogens is 753 g/mol. The fourth-order valence-electron chi connectivity index (χ4n) is 5.24. The Labute approximate surface area is 300 Å². The first-order valence-corrected chi connectivity index (χ1v) is 19.2. The van der Waals surface area contributed by atoms with E-state index in [-0.39, 0.29) is 38.2 Å². The molecule has 0 fully saturated rings. The minimum atomic E-state index is -5.15. The van der Waals surface area contributed by atoms with E-state index < -0.39 is 63.4 Å². The van der Waals surface area contributed by atoms with Crippen LogP contribution in [0.2, 0.25) is 0 Å². The van der Waals surface area contributed by atoms with Crippen molar-refractivity contribution in [2.75, 3.05) is 10.6 Å². The number of phenolic OH excluding ortho intramolecular Hbond substituents is 1. The SMILES string of the molecule is O=C(Nc1ccc2cc(S(=O)(=O)O)ccc2c1)c1ccc(N=Nc2c(S(=O)(=O)O)cc3cc(S(=O)(=O)O)cc(NC(=O)c4ccccc4)c3c2O)cc1. The van der Waals surface area contributed by atoms with Gasteiger partial charge in [0.1, 0.15) is 10.6 Å². The summed E-state index contributed by atoms with van der Waals surface area (Å²) in [5.74, 6) is -2.22. The summed E-state index contributed by atoms with van der Waals surface area (Å²) in [4.78, 5) is 23.9. The van der Waals surface area contributed by atoms with Gasteiger partial charge in [0, 0.05) is 22.2 Å². The molecule has 53 heavy (non-hydrogen) atoms. The van der Waals surface area contributed by atoms with Crippen LogP contribution in [0.3, 0.4) is 0 Å². The standard InChI is InChI=1S/C34H24N4O12S3/c39-32-30-23(16-27(52(45,46)47)18-28(30)36-34(41)19-4-2-1-3-5-19)17-29(53(48,49)50)31(32)38-37-24-10-6-20(7-11-24)33(40)35-25-12-8-22-15-26(51(42,43)44)13-9-21(22)14-25/h1-18,39H,(H,35,40)(H,36,41)(H,42,43,44)(H,45,46,47)(H,48,49,50). The molecule has 16 nitrogen and oxygen atoms in total. The highest BCUT2D eigenvalue weighted by molar-refractivity contribution is 7.86. The van der Waals surface area contributed by atoms with Crippen LogP contribution < -0.4 is 10.6 Å². The number of amides is 2. The number of hydrogen-bond acceptors (Lipinski definition) is 11. The zero-order valence-electron chi connectivity index (χ0n) is 26.6. The normalized spacial score (nSPS) is 12.3. The first-order chi connectivity index (χ1) is 24.9. The molecule has 0 bridgehead atoms. The Kier molecular flexibility index (Phi) is 9.55. The Morgan fingerprint density at radius 2 is 1.13 bits per heavy atom. The second-order valence-electron chi connectivity index (χ2n) is 11.3. The first-order valence-electron chi connectivity index (χ1n) is 14.9. The van der Waals surface area contributed by atoms with Crippen LogP contribution in [-0.4, -0.2) is 55.8 Å². The third kappa shape index (κ3) is 8.04. The molecule has 6 aromatic rings. The minimum absolute atomic E-state index is 0.0574. The fourth-order valence-corrected chi connectivity index (χ4v) is 6.95. The van der Waals surface area contributed by atoms with Crippen LogP contribution in [0.4, 0.5) is 22.7 Å². The van der Waals surface area contributed by atoms with Crippen molar-refractivity contribution < 1.29 is 53.6 Å². The molecule has 0 heterocycles. The molecule has 2 amide bonds. The maximum atomic E-state index is 13.0. The van der Waals surface area contributed by atoms with Crippen molar-refractivity contribution in [3.63, 3.8) is 0 Å². The summed E-state index contributed by atoms with van der Waals surface area (Å²) >= 11 is 0. The number of aromatic hydroxyl groups is 1. The largest absolute Gasteiger partial charge is 0.505 e. The molecule has 6 rings (SSSR count). The highest BCUT2D eigenvalue weighted by Gasteiger charge is 2.26. The van der Waals surface area contributed by atoms with Gasteiger partial charge in [0.05, 0.1) is 21.2 Å². The van der Waals surface area contributed by atoms with Gasteiger partial charge in [0.2, 0.25) is 0 Å². The van der Waals surface area contributed by atoms with Gasteiger partial charge in [0.25, 0.3) is 42.2 Å². The summed E-state index contributed by atoms with van der Waals surface area (Å²) < 4.78 is 101. The van der Waals surface area contributed by atoms with E-state index >= 15 is 0 Å². The summed E-state index contributed by atoms with van der Waals surface area (Å²) in [5.41, 5.74) is -0.411. The van der Waals surface area contributed by atoms with Gasteiger partial charge in [-0.1, -0.05) is 30.3 Å². The van der Waals surface area contributed by atoms with E-state index in [0.717, 1.165) is 18.2 Å². The Morgan fingerprint density at radius 1 is 0.547 bits per heavy atom. The monoisotopic (exact) mass is 776 g/mol. The number of anilines is 2. The fraction of sp³-hybridized carbons (Fsp3) is 0. The minimum Gasteiger partial charge on any atom is -0.505 e. The summed E-state index contributed by atoms with van der Waals surface area (Å²) in [6.07, 6.45) is 0. The lowest BCUT2D eigenvalue weighted by atomic mass is 10.1. The molecule has 0 aromatic heterocycles. The Hall–Kier alpha value is -6.09. The maximum absolute atomic E-state index is 13.0. The van der Waals surface area contributed by atoms with Crippen molar-refractivity contribution in [2.45, 2.75) is 14.7 Å². The van der Waals surface area contributed by atoms with Crippen LogP contribution >= 0.6 is 0 Å². The second-order valence-corrected chi connectivity index (χ2v) is 15.5. The van der Waals surface area contributed by atoms with Crippen LogP contribution in [0.25, 0.3) is 21.5 Å². The van der Waals surface area contributed by atoms with Crippen molar-refractivity contribution in [3.8, 4) is 5.75 Å². The molecule has 0 saturated carbocycles. The van der Waals surface area contributed by atoms with Crippen molar-refractivity contribution >= 4 is 86.5 Å². The number of fused-ring (bicyclic) bond motifs is 2. The van der Waals surface area contributed by atoms with Gasteiger partial charge in [-0.3, -0.25) is 23.2 Å². The molecule has 0 aliphatic rings. The van der Waals surface area contributed by atoms with E-state index in [1.54, 1.807) is 30.3 Å². The quantitative estimate of drug-likeness (QED) is 0.0692. The third-order valence-corrected chi connectivity index (χ3v) is 10.3. The van der Waals surface area contributed by atoms with E-state index in [4.69, 9.17) is 0 Å². The summed E-state index contributed by atoms with van der Waals surface area (Å²) in [6, 6.07) is 24.1. The molecule has 270 valence electrons. The number of phenols is 1.